The number of anilines is 1. The van der Waals surface area contributed by atoms with Crippen LogP contribution in [0, 0.1) is 13.8 Å². The van der Waals surface area contributed by atoms with Crippen molar-refractivity contribution in [3.05, 3.63) is 92.8 Å². The van der Waals surface area contributed by atoms with Gasteiger partial charge in [-0.3, -0.25) is 14.5 Å². The first-order chi connectivity index (χ1) is 18.2. The number of benzene rings is 3. The van der Waals surface area contributed by atoms with Crippen LogP contribution < -0.4 is 14.8 Å². The van der Waals surface area contributed by atoms with Crippen molar-refractivity contribution in [3.8, 4) is 11.5 Å². The van der Waals surface area contributed by atoms with E-state index in [0.717, 1.165) is 22.4 Å². The Morgan fingerprint density at radius 3 is 2.58 bits per heavy atom. The number of thiocarbonyl (C=S) groups is 1. The molecule has 196 valence electrons. The minimum atomic E-state index is -0.324. The number of nitrogens with one attached hydrogen (secondary N) is 1. The van der Waals surface area contributed by atoms with Gasteiger partial charge >= 0.3 is 0 Å². The molecule has 1 atom stereocenters. The maximum Gasteiger partial charge on any atom is 0.266 e. The molecular formula is C29H27ClN2O4S2. The number of carbonyl (C=O) groups excluding carboxylic acids is 2. The fourth-order valence-electron chi connectivity index (χ4n) is 4.09. The van der Waals surface area contributed by atoms with Crippen molar-refractivity contribution >= 4 is 63.5 Å². The van der Waals surface area contributed by atoms with E-state index in [1.807, 2.05) is 69.3 Å². The van der Waals surface area contributed by atoms with E-state index in [2.05, 4.69) is 5.32 Å². The second kappa shape index (κ2) is 12.0. The van der Waals surface area contributed by atoms with Crippen molar-refractivity contribution in [1.82, 2.24) is 4.90 Å². The Balaban J connectivity index is 1.49. The molecule has 0 radical (unpaired) electrons. The summed E-state index contributed by atoms with van der Waals surface area (Å²) in [6.07, 6.45) is 1.72. The Morgan fingerprint density at radius 1 is 1.16 bits per heavy atom. The highest BCUT2D eigenvalue weighted by atomic mass is 35.5. The molecule has 6 nitrogen and oxygen atoms in total. The third-order valence-corrected chi connectivity index (χ3v) is 7.66. The summed E-state index contributed by atoms with van der Waals surface area (Å²) in [4.78, 5) is 27.8. The van der Waals surface area contributed by atoms with Gasteiger partial charge < -0.3 is 14.8 Å². The summed E-state index contributed by atoms with van der Waals surface area (Å²) in [5.74, 6) is 0.0914. The summed E-state index contributed by atoms with van der Waals surface area (Å²) >= 11 is 13.3. The number of hydrogen-bond acceptors (Lipinski definition) is 6. The Morgan fingerprint density at radius 2 is 1.89 bits per heavy atom. The average Bonchev–Trinajstić information content (AvgIpc) is 3.17. The average molecular weight is 567 g/mol. The predicted octanol–water partition coefficient (Wildman–Crippen LogP) is 6.95. The van der Waals surface area contributed by atoms with Gasteiger partial charge in [-0.15, -0.1) is 0 Å². The van der Waals surface area contributed by atoms with Crippen molar-refractivity contribution in [2.75, 3.05) is 19.0 Å². The molecule has 38 heavy (non-hydrogen) atoms. The quantitative estimate of drug-likeness (QED) is 0.235. The second-order valence-electron chi connectivity index (χ2n) is 8.83. The van der Waals surface area contributed by atoms with Crippen LogP contribution in [-0.2, 0) is 9.59 Å². The lowest BCUT2D eigenvalue weighted by molar-refractivity contribution is -0.123. The van der Waals surface area contributed by atoms with Crippen molar-refractivity contribution in [2.24, 2.45) is 0 Å². The van der Waals surface area contributed by atoms with Gasteiger partial charge in [-0.1, -0.05) is 83.6 Å². The lowest BCUT2D eigenvalue weighted by Gasteiger charge is -2.23. The van der Waals surface area contributed by atoms with Crippen molar-refractivity contribution in [3.63, 3.8) is 0 Å². The number of nitrogens with zero attached hydrogens (tertiary/aromatic N) is 1. The highest BCUT2D eigenvalue weighted by molar-refractivity contribution is 8.26. The molecule has 1 fully saturated rings. The lowest BCUT2D eigenvalue weighted by atomic mass is 10.1. The molecule has 0 spiro atoms. The van der Waals surface area contributed by atoms with Crippen LogP contribution in [0.4, 0.5) is 5.69 Å². The van der Waals surface area contributed by atoms with E-state index in [-0.39, 0.29) is 35.2 Å². The standard InChI is InChI=1S/C29H27ClN2O4S2/c1-17-10-11-23(18(2)12-17)31-26(33)16-36-27-22(30)13-20(14-24(27)35-4)15-25-28(34)32(29(37)38-25)19(3)21-8-6-5-7-9-21/h5-15,19H,16H2,1-4H3,(H,31,33)/b25-15-/t19-/m1/s1. The first-order valence-electron chi connectivity index (χ1n) is 11.9. The Labute approximate surface area is 237 Å². The van der Waals surface area contributed by atoms with Gasteiger partial charge in [0.1, 0.15) is 4.32 Å². The molecule has 3 aromatic carbocycles. The van der Waals surface area contributed by atoms with Crippen LogP contribution in [0.15, 0.2) is 65.6 Å². The van der Waals surface area contributed by atoms with E-state index in [1.165, 1.54) is 18.9 Å². The number of thioether (sulfide) groups is 1. The number of methoxy groups -OCH3 is 1. The summed E-state index contributed by atoms with van der Waals surface area (Å²) in [6.45, 7) is 5.62. The summed E-state index contributed by atoms with van der Waals surface area (Å²) < 4.78 is 11.7. The maximum absolute atomic E-state index is 13.2. The van der Waals surface area contributed by atoms with Crippen LogP contribution in [0.1, 0.15) is 35.2 Å². The van der Waals surface area contributed by atoms with Crippen molar-refractivity contribution in [2.45, 2.75) is 26.8 Å². The molecule has 9 heteroatoms. The molecule has 1 N–H and O–H groups in total. The van der Waals surface area contributed by atoms with Crippen LogP contribution in [0.25, 0.3) is 6.08 Å². The molecule has 1 aliphatic heterocycles. The zero-order valence-corrected chi connectivity index (χ0v) is 23.8. The molecule has 1 aliphatic rings. The van der Waals surface area contributed by atoms with E-state index >= 15 is 0 Å². The van der Waals surface area contributed by atoms with Gasteiger partial charge in [-0.25, -0.2) is 0 Å². The molecule has 1 saturated heterocycles. The van der Waals surface area contributed by atoms with Crippen LogP contribution in [-0.4, -0.2) is 34.8 Å². The highest BCUT2D eigenvalue weighted by Crippen LogP contribution is 2.41. The summed E-state index contributed by atoms with van der Waals surface area (Å²) in [7, 11) is 1.49. The number of carbonyl (C=O) groups is 2. The zero-order valence-electron chi connectivity index (χ0n) is 21.4. The molecule has 1 heterocycles. The Bertz CT molecular complexity index is 1430. The fourth-order valence-corrected chi connectivity index (χ4v) is 5.78. The molecule has 0 aliphatic carbocycles. The Hall–Kier alpha value is -3.33. The molecule has 0 saturated carbocycles. The third-order valence-electron chi connectivity index (χ3n) is 6.05. The first-order valence-corrected chi connectivity index (χ1v) is 13.5. The molecular weight excluding hydrogens is 540 g/mol. The molecule has 4 rings (SSSR count). The predicted molar refractivity (Wildman–Crippen MR) is 158 cm³/mol. The van der Waals surface area contributed by atoms with E-state index < -0.39 is 0 Å². The molecule has 0 bridgehead atoms. The van der Waals surface area contributed by atoms with E-state index in [1.54, 1.807) is 23.1 Å². The van der Waals surface area contributed by atoms with Crippen LogP contribution >= 0.6 is 35.6 Å². The lowest BCUT2D eigenvalue weighted by Crippen LogP contribution is -2.30. The SMILES string of the molecule is COc1cc(/C=C2\SC(=S)N([C@H](C)c3ccccc3)C2=O)cc(Cl)c1OCC(=O)Nc1ccc(C)cc1C. The largest absolute Gasteiger partial charge is 0.493 e. The van der Waals surface area contributed by atoms with Gasteiger partial charge in [0.25, 0.3) is 11.8 Å². The van der Waals surface area contributed by atoms with Gasteiger partial charge in [0.05, 0.1) is 23.1 Å². The van der Waals surface area contributed by atoms with Gasteiger partial charge in [0.15, 0.2) is 18.1 Å². The van der Waals surface area contributed by atoms with Crippen LogP contribution in [0.3, 0.4) is 0 Å². The molecule has 3 aromatic rings. The zero-order chi connectivity index (χ0) is 27.4. The number of rotatable bonds is 8. The van der Waals surface area contributed by atoms with Crippen LogP contribution in [0.2, 0.25) is 5.02 Å². The number of amides is 2. The second-order valence-corrected chi connectivity index (χ2v) is 10.9. The third kappa shape index (κ3) is 6.20. The van der Waals surface area contributed by atoms with Gasteiger partial charge in [0, 0.05) is 5.69 Å². The van der Waals surface area contributed by atoms with Gasteiger partial charge in [-0.05, 0) is 61.7 Å². The monoisotopic (exact) mass is 566 g/mol. The normalized spacial score (nSPS) is 15.1. The minimum Gasteiger partial charge on any atom is -0.493 e. The summed E-state index contributed by atoms with van der Waals surface area (Å²) in [6, 6.07) is 18.7. The first kappa shape index (κ1) is 27.7. The molecule has 2 amide bonds. The van der Waals surface area contributed by atoms with E-state index in [0.29, 0.717) is 20.5 Å². The molecule has 0 unspecified atom stereocenters. The number of halogens is 1. The number of aryl methyl sites for hydroxylation is 2. The van der Waals surface area contributed by atoms with Crippen molar-refractivity contribution < 1.29 is 19.1 Å². The maximum atomic E-state index is 13.2. The Kier molecular flexibility index (Phi) is 8.76. The van der Waals surface area contributed by atoms with E-state index in [9.17, 15) is 9.59 Å². The van der Waals surface area contributed by atoms with Gasteiger partial charge in [0.2, 0.25) is 0 Å². The fraction of sp³-hybridized carbons (Fsp3) is 0.207. The summed E-state index contributed by atoms with van der Waals surface area (Å²) in [5.41, 5.74) is 4.43. The minimum absolute atomic E-state index is 0.171. The van der Waals surface area contributed by atoms with Crippen molar-refractivity contribution in [1.29, 1.82) is 0 Å². The molecule has 0 aromatic heterocycles. The van der Waals surface area contributed by atoms with Crippen LogP contribution in [0.5, 0.6) is 11.5 Å². The number of ether oxygens (including phenoxy) is 2. The van der Waals surface area contributed by atoms with E-state index in [4.69, 9.17) is 33.3 Å². The van der Waals surface area contributed by atoms with Gasteiger partial charge in [-0.2, -0.15) is 0 Å². The highest BCUT2D eigenvalue weighted by Gasteiger charge is 2.36. The number of hydrogen-bond donors (Lipinski definition) is 1. The topological polar surface area (TPSA) is 67.9 Å². The summed E-state index contributed by atoms with van der Waals surface area (Å²) in [5, 5.41) is 3.10. The smallest absolute Gasteiger partial charge is 0.266 e.